The molecule has 1 atom stereocenters. The molecule has 0 spiro atoms. The Labute approximate surface area is 96.1 Å². The lowest BCUT2D eigenvalue weighted by Gasteiger charge is -2.08. The zero-order chi connectivity index (χ0) is 12.3. The molecule has 0 fully saturated rings. The highest BCUT2D eigenvalue weighted by Gasteiger charge is 2.20. The summed E-state index contributed by atoms with van der Waals surface area (Å²) in [6.45, 7) is 3.07. The van der Waals surface area contributed by atoms with Crippen LogP contribution in [-0.4, -0.2) is 28.6 Å². The number of rotatable bonds is 4. The Hall–Kier alpha value is -1.47. The van der Waals surface area contributed by atoms with Crippen molar-refractivity contribution in [2.75, 3.05) is 6.61 Å². The van der Waals surface area contributed by atoms with Gasteiger partial charge < -0.3 is 10.4 Å². The van der Waals surface area contributed by atoms with Crippen LogP contribution in [0.15, 0.2) is 6.07 Å². The second-order valence-electron chi connectivity index (χ2n) is 3.37. The van der Waals surface area contributed by atoms with Crippen molar-refractivity contribution in [1.82, 2.24) is 5.32 Å². The standard InChI is InChI=1S/C9H12N2O4S/c1-5(4-12)10-9(13)8-3-7(11(14)15)6(2)16-8/h3,5,12H,4H2,1-2H3,(H,10,13). The second kappa shape index (κ2) is 5.04. The number of hydrogen-bond donors (Lipinski definition) is 2. The molecule has 6 nitrogen and oxygen atoms in total. The summed E-state index contributed by atoms with van der Waals surface area (Å²) in [6.07, 6.45) is 0. The first-order chi connectivity index (χ1) is 7.45. The van der Waals surface area contributed by atoms with Gasteiger partial charge in [-0.3, -0.25) is 14.9 Å². The van der Waals surface area contributed by atoms with Gasteiger partial charge in [-0.1, -0.05) is 0 Å². The van der Waals surface area contributed by atoms with Gasteiger partial charge in [-0.05, 0) is 13.8 Å². The van der Waals surface area contributed by atoms with Crippen LogP contribution in [0, 0.1) is 17.0 Å². The smallest absolute Gasteiger partial charge is 0.283 e. The number of hydrogen-bond acceptors (Lipinski definition) is 5. The minimum Gasteiger partial charge on any atom is -0.394 e. The molecule has 0 aliphatic carbocycles. The lowest BCUT2D eigenvalue weighted by atomic mass is 10.3. The molecule has 2 N–H and O–H groups in total. The van der Waals surface area contributed by atoms with Crippen LogP contribution in [0.4, 0.5) is 5.69 Å². The van der Waals surface area contributed by atoms with E-state index in [1.807, 2.05) is 0 Å². The van der Waals surface area contributed by atoms with Crippen molar-refractivity contribution >= 4 is 22.9 Å². The third-order valence-electron chi connectivity index (χ3n) is 1.96. The molecule has 7 heteroatoms. The molecule has 1 aromatic rings. The Bertz CT molecular complexity index is 416. The van der Waals surface area contributed by atoms with E-state index in [2.05, 4.69) is 5.32 Å². The summed E-state index contributed by atoms with van der Waals surface area (Å²) < 4.78 is 0. The maximum atomic E-state index is 11.6. The summed E-state index contributed by atoms with van der Waals surface area (Å²) in [5.74, 6) is -0.400. The normalized spacial score (nSPS) is 12.2. The van der Waals surface area contributed by atoms with E-state index in [9.17, 15) is 14.9 Å². The van der Waals surface area contributed by atoms with Crippen LogP contribution < -0.4 is 5.32 Å². The average molecular weight is 244 g/mol. The number of aliphatic hydroxyl groups is 1. The first-order valence-electron chi connectivity index (χ1n) is 4.62. The number of aryl methyl sites for hydroxylation is 1. The molecule has 0 aliphatic heterocycles. The largest absolute Gasteiger partial charge is 0.394 e. The van der Waals surface area contributed by atoms with Crippen LogP contribution in [0.25, 0.3) is 0 Å². The maximum Gasteiger partial charge on any atom is 0.283 e. The zero-order valence-corrected chi connectivity index (χ0v) is 9.71. The second-order valence-corrected chi connectivity index (χ2v) is 4.62. The number of carbonyl (C=O) groups excluding carboxylic acids is 1. The highest BCUT2D eigenvalue weighted by atomic mass is 32.1. The summed E-state index contributed by atoms with van der Waals surface area (Å²) in [7, 11) is 0. The molecule has 1 heterocycles. The van der Waals surface area contributed by atoms with Crippen molar-refractivity contribution in [2.45, 2.75) is 19.9 Å². The van der Waals surface area contributed by atoms with E-state index in [1.165, 1.54) is 6.07 Å². The van der Waals surface area contributed by atoms with E-state index in [0.717, 1.165) is 11.3 Å². The molecule has 0 aliphatic rings. The molecule has 88 valence electrons. The van der Waals surface area contributed by atoms with Crippen LogP contribution in [0.1, 0.15) is 21.5 Å². The number of nitro groups is 1. The van der Waals surface area contributed by atoms with Gasteiger partial charge in [0.2, 0.25) is 0 Å². The molecule has 1 rings (SSSR count). The average Bonchev–Trinajstić information content (AvgIpc) is 2.60. The Morgan fingerprint density at radius 1 is 1.75 bits per heavy atom. The van der Waals surface area contributed by atoms with E-state index in [0.29, 0.717) is 4.88 Å². The van der Waals surface area contributed by atoms with Gasteiger partial charge in [0.25, 0.3) is 11.6 Å². The first kappa shape index (κ1) is 12.6. The highest BCUT2D eigenvalue weighted by molar-refractivity contribution is 7.14. The SMILES string of the molecule is Cc1sc(C(=O)NC(C)CO)cc1[N+](=O)[O-]. The lowest BCUT2D eigenvalue weighted by molar-refractivity contribution is -0.385. The molecule has 1 aromatic heterocycles. The fraction of sp³-hybridized carbons (Fsp3) is 0.444. The number of nitrogens with zero attached hydrogens (tertiary/aromatic N) is 1. The van der Waals surface area contributed by atoms with Gasteiger partial charge in [0.05, 0.1) is 21.3 Å². The van der Waals surface area contributed by atoms with E-state index < -0.39 is 10.8 Å². The van der Waals surface area contributed by atoms with Crippen molar-refractivity contribution in [3.8, 4) is 0 Å². The quantitative estimate of drug-likeness (QED) is 0.612. The number of carbonyl (C=O) groups is 1. The van der Waals surface area contributed by atoms with Crippen LogP contribution in [0.2, 0.25) is 0 Å². The molecule has 0 saturated heterocycles. The van der Waals surface area contributed by atoms with Crippen LogP contribution in [0.5, 0.6) is 0 Å². The van der Waals surface area contributed by atoms with Crippen molar-refractivity contribution in [3.05, 3.63) is 25.9 Å². The van der Waals surface area contributed by atoms with E-state index in [-0.39, 0.29) is 23.2 Å². The molecule has 1 unspecified atom stereocenters. The molecule has 1 amide bonds. The van der Waals surface area contributed by atoms with Gasteiger partial charge in [-0.2, -0.15) is 0 Å². The Morgan fingerprint density at radius 3 is 2.81 bits per heavy atom. The molecule has 16 heavy (non-hydrogen) atoms. The third-order valence-corrected chi connectivity index (χ3v) is 3.00. The van der Waals surface area contributed by atoms with Gasteiger partial charge >= 0.3 is 0 Å². The summed E-state index contributed by atoms with van der Waals surface area (Å²) in [5.41, 5.74) is -0.0493. The van der Waals surface area contributed by atoms with Gasteiger partial charge in [0.1, 0.15) is 0 Å². The molecule has 0 bridgehead atoms. The topological polar surface area (TPSA) is 92.5 Å². The molecule has 0 saturated carbocycles. The number of aliphatic hydroxyl groups excluding tert-OH is 1. The predicted molar refractivity (Wildman–Crippen MR) is 59.7 cm³/mol. The number of amides is 1. The third kappa shape index (κ3) is 2.77. The lowest BCUT2D eigenvalue weighted by Crippen LogP contribution is -2.34. The summed E-state index contributed by atoms with van der Waals surface area (Å²) in [5, 5.41) is 21.9. The van der Waals surface area contributed by atoms with Gasteiger partial charge in [-0.25, -0.2) is 0 Å². The van der Waals surface area contributed by atoms with E-state index in [4.69, 9.17) is 5.11 Å². The van der Waals surface area contributed by atoms with Gasteiger partial charge in [-0.15, -0.1) is 11.3 Å². The van der Waals surface area contributed by atoms with E-state index >= 15 is 0 Å². The predicted octanol–water partition coefficient (Wildman–Crippen LogP) is 1.08. The Balaban J connectivity index is 2.85. The fourth-order valence-electron chi connectivity index (χ4n) is 1.11. The fourth-order valence-corrected chi connectivity index (χ4v) is 2.00. The summed E-state index contributed by atoms with van der Waals surface area (Å²) >= 11 is 1.07. The molecule has 0 aromatic carbocycles. The molecular formula is C9H12N2O4S. The Kier molecular flexibility index (Phi) is 3.97. The maximum absolute atomic E-state index is 11.6. The minimum absolute atomic E-state index is 0.0493. The van der Waals surface area contributed by atoms with Crippen LogP contribution in [-0.2, 0) is 0 Å². The zero-order valence-electron chi connectivity index (χ0n) is 8.89. The van der Waals surface area contributed by atoms with Crippen molar-refractivity contribution in [3.63, 3.8) is 0 Å². The summed E-state index contributed by atoms with van der Waals surface area (Å²) in [6, 6.07) is 0.883. The van der Waals surface area contributed by atoms with Crippen molar-refractivity contribution in [2.24, 2.45) is 0 Å². The number of nitrogens with one attached hydrogen (secondary N) is 1. The van der Waals surface area contributed by atoms with Gasteiger partial charge in [0.15, 0.2) is 0 Å². The van der Waals surface area contributed by atoms with Gasteiger partial charge in [0, 0.05) is 12.1 Å². The number of thiophene rings is 1. The monoisotopic (exact) mass is 244 g/mol. The van der Waals surface area contributed by atoms with Crippen LogP contribution >= 0.6 is 11.3 Å². The Morgan fingerprint density at radius 2 is 2.38 bits per heavy atom. The van der Waals surface area contributed by atoms with E-state index in [1.54, 1.807) is 13.8 Å². The first-order valence-corrected chi connectivity index (χ1v) is 5.44. The minimum atomic E-state index is -0.516. The highest BCUT2D eigenvalue weighted by Crippen LogP contribution is 2.27. The summed E-state index contributed by atoms with van der Waals surface area (Å²) in [4.78, 5) is 22.4. The van der Waals surface area contributed by atoms with Crippen molar-refractivity contribution < 1.29 is 14.8 Å². The van der Waals surface area contributed by atoms with Crippen LogP contribution in [0.3, 0.4) is 0 Å². The molecule has 0 radical (unpaired) electrons. The van der Waals surface area contributed by atoms with Crippen molar-refractivity contribution in [1.29, 1.82) is 0 Å². The molecular weight excluding hydrogens is 232 g/mol.